The van der Waals surface area contributed by atoms with Gasteiger partial charge < -0.3 is 15.2 Å². The molecule has 2 aromatic carbocycles. The Hall–Kier alpha value is -3.53. The molecule has 9 nitrogen and oxygen atoms in total. The number of anilines is 2. The number of carbonyl (C=O) groups is 1. The van der Waals surface area contributed by atoms with Crippen LogP contribution in [0.2, 0.25) is 0 Å². The number of ether oxygens (including phenoxy) is 1. The zero-order valence-electron chi connectivity index (χ0n) is 17.3. The standard InChI is InChI=1S/C21H25N5O4S/c1-3-4-11-23-17-13-15(21(27)28)14-18(20(17)30-16-8-6-5-7-9-16)31(22,29)25-19-10-12-26(2)24-19/h5-10,12-14,23H,3-4,11H2,1-2H3,(H,27,28)(H2,22,24,25,29). The second-order valence-electron chi connectivity index (χ2n) is 6.88. The average molecular weight is 444 g/mol. The van der Waals surface area contributed by atoms with E-state index in [9.17, 15) is 14.1 Å². The molecule has 1 heterocycles. The van der Waals surface area contributed by atoms with E-state index in [2.05, 4.69) is 15.1 Å². The highest BCUT2D eigenvalue weighted by Gasteiger charge is 2.24. The zero-order valence-corrected chi connectivity index (χ0v) is 18.1. The van der Waals surface area contributed by atoms with E-state index in [1.165, 1.54) is 16.8 Å². The third-order valence-corrected chi connectivity index (χ3v) is 5.80. The second-order valence-corrected chi connectivity index (χ2v) is 8.64. The molecular weight excluding hydrogens is 418 g/mol. The summed E-state index contributed by atoms with van der Waals surface area (Å²) in [5.74, 6) is -0.359. The topological polar surface area (TPSA) is 129 Å². The van der Waals surface area contributed by atoms with E-state index in [4.69, 9.17) is 9.52 Å². The number of rotatable bonds is 10. The van der Waals surface area contributed by atoms with Gasteiger partial charge in [-0.3, -0.25) is 9.40 Å². The van der Waals surface area contributed by atoms with Crippen LogP contribution >= 0.6 is 0 Å². The maximum Gasteiger partial charge on any atom is 0.335 e. The highest BCUT2D eigenvalue weighted by molar-refractivity contribution is 7.93. The molecule has 10 heteroatoms. The Morgan fingerprint density at radius 1 is 1.26 bits per heavy atom. The predicted molar refractivity (Wildman–Crippen MR) is 119 cm³/mol. The first-order valence-corrected chi connectivity index (χ1v) is 11.3. The van der Waals surface area contributed by atoms with Crippen LogP contribution in [0.3, 0.4) is 0 Å². The molecule has 0 radical (unpaired) electrons. The highest BCUT2D eigenvalue weighted by atomic mass is 32.2. The smallest absolute Gasteiger partial charge is 0.335 e. The van der Waals surface area contributed by atoms with Gasteiger partial charge >= 0.3 is 5.97 Å². The second kappa shape index (κ2) is 9.52. The fourth-order valence-electron chi connectivity index (χ4n) is 2.85. The average Bonchev–Trinajstić information content (AvgIpc) is 3.13. The Balaban J connectivity index is 2.13. The molecule has 0 saturated carbocycles. The summed E-state index contributed by atoms with van der Waals surface area (Å²) in [6.07, 6.45) is 3.42. The van der Waals surface area contributed by atoms with Gasteiger partial charge in [-0.05, 0) is 30.7 Å². The number of aromatic nitrogens is 2. The molecule has 0 aliphatic carbocycles. The molecule has 0 fully saturated rings. The van der Waals surface area contributed by atoms with Crippen LogP contribution in [0, 0.1) is 4.78 Å². The first-order chi connectivity index (χ1) is 14.8. The van der Waals surface area contributed by atoms with Crippen molar-refractivity contribution >= 4 is 27.4 Å². The molecule has 3 aromatic rings. The molecule has 1 aromatic heterocycles. The van der Waals surface area contributed by atoms with Gasteiger partial charge in [-0.25, -0.2) is 13.8 Å². The summed E-state index contributed by atoms with van der Waals surface area (Å²) in [6.45, 7) is 2.60. The van der Waals surface area contributed by atoms with E-state index >= 15 is 0 Å². The van der Waals surface area contributed by atoms with E-state index in [-0.39, 0.29) is 22.0 Å². The van der Waals surface area contributed by atoms with Crippen molar-refractivity contribution in [2.24, 2.45) is 7.05 Å². The van der Waals surface area contributed by atoms with Crippen molar-refractivity contribution in [3.8, 4) is 11.5 Å². The minimum Gasteiger partial charge on any atom is -0.478 e. The number of benzene rings is 2. The number of nitrogens with one attached hydrogen (secondary N) is 3. The van der Waals surface area contributed by atoms with E-state index in [1.807, 2.05) is 13.0 Å². The summed E-state index contributed by atoms with van der Waals surface area (Å²) >= 11 is 0. The summed E-state index contributed by atoms with van der Waals surface area (Å²) in [5.41, 5.74) is 0.257. The van der Waals surface area contributed by atoms with E-state index in [0.717, 1.165) is 12.8 Å². The molecule has 4 N–H and O–H groups in total. The molecular formula is C21H25N5O4S. The number of hydrogen-bond donors (Lipinski definition) is 4. The highest BCUT2D eigenvalue weighted by Crippen LogP contribution is 2.38. The van der Waals surface area contributed by atoms with Crippen molar-refractivity contribution in [1.29, 1.82) is 4.78 Å². The van der Waals surface area contributed by atoms with Crippen LogP contribution in [0.5, 0.6) is 11.5 Å². The first kappa shape index (κ1) is 22.2. The number of nitrogens with zero attached hydrogens (tertiary/aromatic N) is 2. The fourth-order valence-corrected chi connectivity index (χ4v) is 4.07. The number of para-hydroxylation sites is 1. The molecule has 1 atom stereocenters. The van der Waals surface area contributed by atoms with Crippen LogP contribution in [0.1, 0.15) is 30.1 Å². The molecule has 0 aliphatic rings. The number of carboxylic acid groups (broad SMARTS) is 1. The minimum atomic E-state index is -3.71. The van der Waals surface area contributed by atoms with E-state index in [1.54, 1.807) is 43.6 Å². The van der Waals surface area contributed by atoms with Crippen LogP contribution < -0.4 is 14.8 Å². The Kier molecular flexibility index (Phi) is 6.81. The molecule has 0 bridgehead atoms. The van der Waals surface area contributed by atoms with Crippen molar-refractivity contribution in [2.75, 3.05) is 16.6 Å². The lowest BCUT2D eigenvalue weighted by Gasteiger charge is -2.19. The SMILES string of the molecule is CCCCNc1cc(C(=O)O)cc(S(=N)(=O)Nc2ccn(C)n2)c1Oc1ccccc1. The molecule has 164 valence electrons. The van der Waals surface area contributed by atoms with Crippen molar-refractivity contribution in [1.82, 2.24) is 9.78 Å². The van der Waals surface area contributed by atoms with Gasteiger partial charge in [-0.1, -0.05) is 31.5 Å². The van der Waals surface area contributed by atoms with Gasteiger partial charge in [0.15, 0.2) is 21.5 Å². The van der Waals surface area contributed by atoms with Gasteiger partial charge in [0.25, 0.3) is 0 Å². The molecule has 1 unspecified atom stereocenters. The van der Waals surface area contributed by atoms with Crippen LogP contribution in [0.4, 0.5) is 11.5 Å². The number of hydrogen-bond acceptors (Lipinski definition) is 6. The summed E-state index contributed by atoms with van der Waals surface area (Å²) < 4.78 is 32.1. The quantitative estimate of drug-likeness (QED) is 0.340. The fraction of sp³-hybridized carbons (Fsp3) is 0.238. The molecule has 31 heavy (non-hydrogen) atoms. The van der Waals surface area contributed by atoms with Crippen molar-refractivity contribution < 1.29 is 18.8 Å². The maximum absolute atomic E-state index is 13.4. The van der Waals surface area contributed by atoms with Crippen molar-refractivity contribution in [3.63, 3.8) is 0 Å². The van der Waals surface area contributed by atoms with Gasteiger partial charge in [0.1, 0.15) is 10.6 Å². The normalized spacial score (nSPS) is 12.7. The lowest BCUT2D eigenvalue weighted by Crippen LogP contribution is -2.16. The third-order valence-electron chi connectivity index (χ3n) is 4.38. The molecule has 3 rings (SSSR count). The van der Waals surface area contributed by atoms with Crippen LogP contribution in [0.25, 0.3) is 0 Å². The Labute approximate surface area is 181 Å². The van der Waals surface area contributed by atoms with Crippen LogP contribution in [-0.2, 0) is 17.0 Å². The molecule has 0 aliphatic heterocycles. The van der Waals surface area contributed by atoms with Crippen molar-refractivity contribution in [2.45, 2.75) is 24.7 Å². The van der Waals surface area contributed by atoms with Gasteiger partial charge in [0.05, 0.1) is 11.3 Å². The number of aromatic carboxylic acids is 1. The monoisotopic (exact) mass is 443 g/mol. The van der Waals surface area contributed by atoms with E-state index < -0.39 is 15.9 Å². The minimum absolute atomic E-state index is 0.0825. The zero-order chi connectivity index (χ0) is 22.4. The third kappa shape index (κ3) is 5.54. The van der Waals surface area contributed by atoms with Crippen LogP contribution in [0.15, 0.2) is 59.6 Å². The van der Waals surface area contributed by atoms with Gasteiger partial charge in [0.2, 0.25) is 0 Å². The summed E-state index contributed by atoms with van der Waals surface area (Å²) in [4.78, 5) is 11.7. The lowest BCUT2D eigenvalue weighted by molar-refractivity contribution is 0.0696. The largest absolute Gasteiger partial charge is 0.478 e. The van der Waals surface area contributed by atoms with E-state index in [0.29, 0.717) is 18.0 Å². The summed E-state index contributed by atoms with van der Waals surface area (Å²) in [7, 11) is -2.02. The molecule has 0 saturated heterocycles. The Bertz CT molecular complexity index is 1160. The number of carboxylic acids is 1. The summed E-state index contributed by atoms with van der Waals surface area (Å²) in [5, 5.41) is 16.9. The summed E-state index contributed by atoms with van der Waals surface area (Å²) in [6, 6.07) is 13.1. The Morgan fingerprint density at radius 2 is 2.00 bits per heavy atom. The van der Waals surface area contributed by atoms with Gasteiger partial charge in [0, 0.05) is 25.9 Å². The van der Waals surface area contributed by atoms with Gasteiger partial charge in [-0.2, -0.15) is 5.10 Å². The maximum atomic E-state index is 13.4. The number of unbranched alkanes of at least 4 members (excludes halogenated alkanes) is 1. The Morgan fingerprint density at radius 3 is 2.61 bits per heavy atom. The molecule has 0 amide bonds. The van der Waals surface area contributed by atoms with Crippen molar-refractivity contribution in [3.05, 3.63) is 60.3 Å². The van der Waals surface area contributed by atoms with Crippen LogP contribution in [-0.4, -0.2) is 31.6 Å². The van der Waals surface area contributed by atoms with Gasteiger partial charge in [-0.15, -0.1) is 0 Å². The number of aryl methyl sites for hydroxylation is 1. The first-order valence-electron chi connectivity index (χ1n) is 9.74. The molecule has 0 spiro atoms. The predicted octanol–water partition coefficient (Wildman–Crippen LogP) is 4.56. The lowest BCUT2D eigenvalue weighted by atomic mass is 10.1.